The van der Waals surface area contributed by atoms with Gasteiger partial charge >= 0.3 is 0 Å². The lowest BCUT2D eigenvalue weighted by Crippen LogP contribution is -2.49. The third-order valence-electron chi connectivity index (χ3n) is 4.49. The largest absolute Gasteiger partial charge is 0.328 e. The SMILES string of the molecule is CCN(CC)CCN1C2CCC1CC(N)C2. The first-order valence-electron chi connectivity index (χ1n) is 6.98. The Labute approximate surface area is 100.0 Å². The van der Waals surface area contributed by atoms with Crippen molar-refractivity contribution in [3.8, 4) is 0 Å². The summed E-state index contributed by atoms with van der Waals surface area (Å²) in [6, 6.07) is 2.07. The molecule has 2 heterocycles. The minimum absolute atomic E-state index is 0.474. The second kappa shape index (κ2) is 5.48. The Morgan fingerprint density at radius 3 is 2.19 bits per heavy atom. The predicted octanol–water partition coefficient (Wildman–Crippen LogP) is 1.28. The molecular weight excluding hydrogens is 198 g/mol. The maximum absolute atomic E-state index is 6.09. The molecule has 16 heavy (non-hydrogen) atoms. The van der Waals surface area contributed by atoms with Crippen molar-refractivity contribution >= 4 is 0 Å². The molecule has 2 bridgehead atoms. The van der Waals surface area contributed by atoms with E-state index in [9.17, 15) is 0 Å². The quantitative estimate of drug-likeness (QED) is 0.765. The fourth-order valence-electron chi connectivity index (χ4n) is 3.48. The second-order valence-corrected chi connectivity index (χ2v) is 5.38. The van der Waals surface area contributed by atoms with Gasteiger partial charge in [0.2, 0.25) is 0 Å². The van der Waals surface area contributed by atoms with E-state index in [0.29, 0.717) is 6.04 Å². The summed E-state index contributed by atoms with van der Waals surface area (Å²) in [6.45, 7) is 9.35. The molecule has 3 heteroatoms. The maximum atomic E-state index is 6.09. The van der Waals surface area contributed by atoms with Gasteiger partial charge in [-0.25, -0.2) is 0 Å². The molecule has 0 amide bonds. The summed E-state index contributed by atoms with van der Waals surface area (Å²) >= 11 is 0. The van der Waals surface area contributed by atoms with Crippen molar-refractivity contribution < 1.29 is 0 Å². The molecule has 2 atom stereocenters. The lowest BCUT2D eigenvalue weighted by atomic mass is 9.98. The molecule has 3 nitrogen and oxygen atoms in total. The molecule has 2 aliphatic rings. The molecule has 94 valence electrons. The zero-order valence-corrected chi connectivity index (χ0v) is 10.9. The Balaban J connectivity index is 1.82. The van der Waals surface area contributed by atoms with E-state index in [0.717, 1.165) is 12.1 Å². The van der Waals surface area contributed by atoms with Gasteiger partial charge in [-0.3, -0.25) is 4.90 Å². The molecule has 0 aromatic heterocycles. The molecule has 2 unspecified atom stereocenters. The first-order valence-corrected chi connectivity index (χ1v) is 6.98. The van der Waals surface area contributed by atoms with Gasteiger partial charge in [-0.05, 0) is 38.8 Å². The van der Waals surface area contributed by atoms with Crippen molar-refractivity contribution in [2.45, 2.75) is 57.7 Å². The normalized spacial score (nSPS) is 34.9. The van der Waals surface area contributed by atoms with Gasteiger partial charge in [-0.1, -0.05) is 13.8 Å². The topological polar surface area (TPSA) is 32.5 Å². The third kappa shape index (κ3) is 2.58. The first kappa shape index (κ1) is 12.3. The summed E-state index contributed by atoms with van der Waals surface area (Å²) in [7, 11) is 0. The van der Waals surface area contributed by atoms with Crippen LogP contribution in [0, 0.1) is 0 Å². The minimum atomic E-state index is 0.474. The highest BCUT2D eigenvalue weighted by Crippen LogP contribution is 2.34. The van der Waals surface area contributed by atoms with E-state index in [-0.39, 0.29) is 0 Å². The van der Waals surface area contributed by atoms with Crippen LogP contribution >= 0.6 is 0 Å². The molecule has 2 fully saturated rings. The van der Waals surface area contributed by atoms with E-state index in [1.54, 1.807) is 0 Å². The Kier molecular flexibility index (Phi) is 4.22. The van der Waals surface area contributed by atoms with Crippen molar-refractivity contribution in [3.05, 3.63) is 0 Å². The van der Waals surface area contributed by atoms with Crippen LogP contribution < -0.4 is 5.73 Å². The van der Waals surface area contributed by atoms with Crippen molar-refractivity contribution in [3.63, 3.8) is 0 Å². The van der Waals surface area contributed by atoms with Crippen LogP contribution in [0.1, 0.15) is 39.5 Å². The number of piperidine rings is 1. The zero-order valence-electron chi connectivity index (χ0n) is 10.9. The molecule has 2 N–H and O–H groups in total. The predicted molar refractivity (Wildman–Crippen MR) is 68.5 cm³/mol. The fourth-order valence-corrected chi connectivity index (χ4v) is 3.48. The van der Waals surface area contributed by atoms with Gasteiger partial charge in [0.25, 0.3) is 0 Å². The van der Waals surface area contributed by atoms with E-state index in [1.165, 1.54) is 51.9 Å². The molecule has 2 rings (SSSR count). The van der Waals surface area contributed by atoms with Gasteiger partial charge in [0.1, 0.15) is 0 Å². The number of hydrogen-bond acceptors (Lipinski definition) is 3. The lowest BCUT2D eigenvalue weighted by Gasteiger charge is -2.38. The number of hydrogen-bond donors (Lipinski definition) is 1. The van der Waals surface area contributed by atoms with Gasteiger partial charge < -0.3 is 10.6 Å². The summed E-state index contributed by atoms with van der Waals surface area (Å²) in [5, 5.41) is 0. The summed E-state index contributed by atoms with van der Waals surface area (Å²) < 4.78 is 0. The van der Waals surface area contributed by atoms with Crippen LogP contribution in [0.15, 0.2) is 0 Å². The van der Waals surface area contributed by atoms with Crippen molar-refractivity contribution in [1.82, 2.24) is 9.80 Å². The van der Waals surface area contributed by atoms with E-state index < -0.39 is 0 Å². The summed E-state index contributed by atoms with van der Waals surface area (Å²) in [6.07, 6.45) is 5.23. The van der Waals surface area contributed by atoms with Crippen LogP contribution in [0.25, 0.3) is 0 Å². The average molecular weight is 225 g/mol. The number of fused-ring (bicyclic) bond motifs is 2. The number of nitrogens with zero attached hydrogens (tertiary/aromatic N) is 2. The van der Waals surface area contributed by atoms with Crippen LogP contribution in [-0.2, 0) is 0 Å². The van der Waals surface area contributed by atoms with Crippen LogP contribution in [0.4, 0.5) is 0 Å². The van der Waals surface area contributed by atoms with E-state index >= 15 is 0 Å². The minimum Gasteiger partial charge on any atom is -0.328 e. The van der Waals surface area contributed by atoms with Gasteiger partial charge in [0.05, 0.1) is 0 Å². The lowest BCUT2D eigenvalue weighted by molar-refractivity contribution is 0.111. The first-order chi connectivity index (χ1) is 7.74. The highest BCUT2D eigenvalue weighted by atomic mass is 15.3. The van der Waals surface area contributed by atoms with Crippen LogP contribution in [0.2, 0.25) is 0 Å². The van der Waals surface area contributed by atoms with E-state index in [4.69, 9.17) is 5.73 Å². The Bertz CT molecular complexity index is 201. The van der Waals surface area contributed by atoms with Gasteiger partial charge in [-0.15, -0.1) is 0 Å². The molecule has 2 saturated heterocycles. The number of likely N-dealkylation sites (N-methyl/N-ethyl adjacent to an activating group) is 1. The Hall–Kier alpha value is -0.120. The van der Waals surface area contributed by atoms with Crippen LogP contribution in [0.3, 0.4) is 0 Å². The van der Waals surface area contributed by atoms with Crippen LogP contribution in [-0.4, -0.2) is 54.1 Å². The van der Waals surface area contributed by atoms with Crippen molar-refractivity contribution in [2.75, 3.05) is 26.2 Å². The molecular formula is C13H27N3. The highest BCUT2D eigenvalue weighted by molar-refractivity contribution is 4.96. The number of rotatable bonds is 5. The maximum Gasteiger partial charge on any atom is 0.0115 e. The second-order valence-electron chi connectivity index (χ2n) is 5.38. The molecule has 0 aromatic rings. The monoisotopic (exact) mass is 225 g/mol. The fraction of sp³-hybridized carbons (Fsp3) is 1.00. The molecule has 0 radical (unpaired) electrons. The zero-order chi connectivity index (χ0) is 11.5. The standard InChI is InChI=1S/C13H27N3/c1-3-15(4-2)7-8-16-12-5-6-13(16)10-11(14)9-12/h11-13H,3-10,14H2,1-2H3. The molecule has 0 saturated carbocycles. The smallest absolute Gasteiger partial charge is 0.0115 e. The van der Waals surface area contributed by atoms with E-state index in [2.05, 4.69) is 23.6 Å². The summed E-state index contributed by atoms with van der Waals surface area (Å²) in [5.74, 6) is 0. The highest BCUT2D eigenvalue weighted by Gasteiger charge is 2.39. The van der Waals surface area contributed by atoms with Crippen molar-refractivity contribution in [2.24, 2.45) is 5.73 Å². The molecule has 0 spiro atoms. The van der Waals surface area contributed by atoms with Gasteiger partial charge in [0, 0.05) is 31.2 Å². The molecule has 0 aromatic carbocycles. The van der Waals surface area contributed by atoms with E-state index in [1.807, 2.05) is 0 Å². The average Bonchev–Trinajstić information content (AvgIpc) is 2.53. The Morgan fingerprint density at radius 1 is 1.12 bits per heavy atom. The summed E-state index contributed by atoms with van der Waals surface area (Å²) in [5.41, 5.74) is 6.09. The summed E-state index contributed by atoms with van der Waals surface area (Å²) in [4.78, 5) is 5.26. The number of nitrogens with two attached hydrogens (primary N) is 1. The van der Waals surface area contributed by atoms with Crippen molar-refractivity contribution in [1.29, 1.82) is 0 Å². The molecule has 2 aliphatic heterocycles. The Morgan fingerprint density at radius 2 is 1.69 bits per heavy atom. The van der Waals surface area contributed by atoms with Crippen LogP contribution in [0.5, 0.6) is 0 Å². The molecule has 0 aliphatic carbocycles. The van der Waals surface area contributed by atoms with Gasteiger partial charge in [0.15, 0.2) is 0 Å². The third-order valence-corrected chi connectivity index (χ3v) is 4.49. The van der Waals surface area contributed by atoms with Gasteiger partial charge in [-0.2, -0.15) is 0 Å².